The van der Waals surface area contributed by atoms with E-state index >= 15 is 0 Å². The van der Waals surface area contributed by atoms with E-state index < -0.39 is 17.7 Å². The molecule has 3 aromatic rings. The Morgan fingerprint density at radius 1 is 1.00 bits per heavy atom. The number of aliphatic hydroxyl groups excluding tert-OH is 1. The molecule has 1 heterocycles. The lowest BCUT2D eigenvalue weighted by Crippen LogP contribution is -2.32. The topological polar surface area (TPSA) is 85.3 Å². The van der Waals surface area contributed by atoms with Crippen LogP contribution in [0.25, 0.3) is 5.76 Å². The van der Waals surface area contributed by atoms with Crippen molar-refractivity contribution in [2.24, 2.45) is 0 Å². The number of ketones is 1. The minimum absolute atomic E-state index is 0.0410. The molecule has 0 spiro atoms. The summed E-state index contributed by atoms with van der Waals surface area (Å²) in [4.78, 5) is 28.1. The second-order valence-corrected chi connectivity index (χ2v) is 9.90. The molecule has 204 valence electrons. The molecular weight excluding hydrogens is 494 g/mol. The highest BCUT2D eigenvalue weighted by Gasteiger charge is 2.46. The molecule has 0 aromatic heterocycles. The Kier molecular flexibility index (Phi) is 8.72. The van der Waals surface area contributed by atoms with E-state index in [4.69, 9.17) is 14.2 Å². The lowest BCUT2D eigenvalue weighted by Gasteiger charge is -2.25. The van der Waals surface area contributed by atoms with Gasteiger partial charge in [-0.25, -0.2) is 0 Å². The van der Waals surface area contributed by atoms with Crippen molar-refractivity contribution < 1.29 is 28.9 Å². The van der Waals surface area contributed by atoms with Crippen LogP contribution < -0.4 is 9.47 Å². The standard InChI is InChI=1S/C32H35NO6/c1-20(2)25-18-26(21(3)16-27(25)38-5)30(34)28-29(33(14-15-37-4)32(36)31(28)35)23-12-9-13-24(17-23)39-19-22-10-7-6-8-11-22/h6-13,16-18,20,29,34H,14-15,19H2,1-5H3/b30-28+. The van der Waals surface area contributed by atoms with Crippen LogP contribution >= 0.6 is 0 Å². The zero-order chi connectivity index (χ0) is 28.1. The number of benzene rings is 3. The molecule has 0 bridgehead atoms. The number of amides is 1. The molecule has 1 N–H and O–H groups in total. The predicted octanol–water partition coefficient (Wildman–Crippen LogP) is 5.77. The van der Waals surface area contributed by atoms with Crippen molar-refractivity contribution >= 4 is 17.4 Å². The van der Waals surface area contributed by atoms with E-state index in [0.717, 1.165) is 16.7 Å². The fraction of sp³-hybridized carbons (Fsp3) is 0.312. The van der Waals surface area contributed by atoms with Crippen molar-refractivity contribution in [3.05, 3.63) is 100 Å². The van der Waals surface area contributed by atoms with Gasteiger partial charge in [0.15, 0.2) is 0 Å². The van der Waals surface area contributed by atoms with E-state index in [1.54, 1.807) is 7.11 Å². The minimum Gasteiger partial charge on any atom is -0.507 e. The molecule has 1 fully saturated rings. The minimum atomic E-state index is -0.801. The maximum Gasteiger partial charge on any atom is 0.295 e. The Balaban J connectivity index is 1.81. The number of hydrogen-bond donors (Lipinski definition) is 1. The number of aryl methyl sites for hydroxylation is 1. The first-order valence-electron chi connectivity index (χ1n) is 13.0. The molecule has 0 aliphatic carbocycles. The molecule has 0 radical (unpaired) electrons. The largest absolute Gasteiger partial charge is 0.507 e. The maximum absolute atomic E-state index is 13.4. The van der Waals surface area contributed by atoms with Gasteiger partial charge in [0.1, 0.15) is 23.9 Å². The van der Waals surface area contributed by atoms with Crippen LogP contribution in [-0.4, -0.2) is 49.1 Å². The number of methoxy groups -OCH3 is 2. The summed E-state index contributed by atoms with van der Waals surface area (Å²) >= 11 is 0. The van der Waals surface area contributed by atoms with Crippen LogP contribution in [0.4, 0.5) is 0 Å². The zero-order valence-corrected chi connectivity index (χ0v) is 23.1. The molecule has 1 aliphatic heterocycles. The van der Waals surface area contributed by atoms with Gasteiger partial charge in [-0.05, 0) is 59.4 Å². The Bertz CT molecular complexity index is 1380. The molecule has 7 nitrogen and oxygen atoms in total. The van der Waals surface area contributed by atoms with Gasteiger partial charge in [0.05, 0.1) is 25.3 Å². The Morgan fingerprint density at radius 3 is 2.41 bits per heavy atom. The molecule has 1 unspecified atom stereocenters. The van der Waals surface area contributed by atoms with Gasteiger partial charge < -0.3 is 24.2 Å². The molecular formula is C32H35NO6. The maximum atomic E-state index is 13.4. The highest BCUT2D eigenvalue weighted by atomic mass is 16.5. The Morgan fingerprint density at radius 2 is 1.74 bits per heavy atom. The third-order valence-electron chi connectivity index (χ3n) is 6.95. The molecule has 1 amide bonds. The highest BCUT2D eigenvalue weighted by Crippen LogP contribution is 2.42. The van der Waals surface area contributed by atoms with Gasteiger partial charge in [-0.15, -0.1) is 0 Å². The monoisotopic (exact) mass is 529 g/mol. The second kappa shape index (κ2) is 12.2. The summed E-state index contributed by atoms with van der Waals surface area (Å²) < 4.78 is 16.8. The van der Waals surface area contributed by atoms with Gasteiger partial charge in [-0.3, -0.25) is 9.59 Å². The lowest BCUT2D eigenvalue weighted by atomic mass is 9.91. The van der Waals surface area contributed by atoms with Crippen molar-refractivity contribution in [2.75, 3.05) is 27.4 Å². The first kappa shape index (κ1) is 27.9. The molecule has 0 saturated carbocycles. The lowest BCUT2D eigenvalue weighted by molar-refractivity contribution is -0.140. The van der Waals surface area contributed by atoms with Crippen LogP contribution in [0.15, 0.2) is 72.3 Å². The molecule has 39 heavy (non-hydrogen) atoms. The van der Waals surface area contributed by atoms with Gasteiger partial charge >= 0.3 is 0 Å². The summed E-state index contributed by atoms with van der Waals surface area (Å²) in [6, 6.07) is 20.0. The third-order valence-corrected chi connectivity index (χ3v) is 6.95. The number of nitrogens with zero attached hydrogens (tertiary/aromatic N) is 1. The number of hydrogen-bond acceptors (Lipinski definition) is 6. The zero-order valence-electron chi connectivity index (χ0n) is 23.1. The smallest absolute Gasteiger partial charge is 0.295 e. The van der Waals surface area contributed by atoms with E-state index in [9.17, 15) is 14.7 Å². The number of likely N-dealkylation sites (tertiary alicyclic amines) is 1. The molecule has 7 heteroatoms. The quantitative estimate of drug-likeness (QED) is 0.204. The van der Waals surface area contributed by atoms with Gasteiger partial charge in [-0.2, -0.15) is 0 Å². The van der Waals surface area contributed by atoms with E-state index in [0.29, 0.717) is 29.2 Å². The van der Waals surface area contributed by atoms with Gasteiger partial charge in [0, 0.05) is 19.2 Å². The van der Waals surface area contributed by atoms with E-state index in [1.165, 1.54) is 12.0 Å². The van der Waals surface area contributed by atoms with Crippen molar-refractivity contribution in [1.82, 2.24) is 4.90 Å². The summed E-state index contributed by atoms with van der Waals surface area (Å²) in [5.41, 5.74) is 3.84. The number of ether oxygens (including phenoxy) is 3. The Hall–Kier alpha value is -4.10. The number of Topliss-reactive ketones (excluding diaryl/α,β-unsaturated/α-hetero) is 1. The normalized spacial score (nSPS) is 16.7. The van der Waals surface area contributed by atoms with Crippen molar-refractivity contribution in [2.45, 2.75) is 39.3 Å². The summed E-state index contributed by atoms with van der Waals surface area (Å²) in [7, 11) is 3.15. The van der Waals surface area contributed by atoms with Crippen LogP contribution in [-0.2, 0) is 20.9 Å². The fourth-order valence-electron chi connectivity index (χ4n) is 4.89. The van der Waals surface area contributed by atoms with Crippen molar-refractivity contribution in [1.29, 1.82) is 0 Å². The fourth-order valence-corrected chi connectivity index (χ4v) is 4.89. The average molecular weight is 530 g/mol. The van der Waals surface area contributed by atoms with E-state index in [-0.39, 0.29) is 30.4 Å². The predicted molar refractivity (Wildman–Crippen MR) is 150 cm³/mol. The highest BCUT2D eigenvalue weighted by molar-refractivity contribution is 6.46. The van der Waals surface area contributed by atoms with Gasteiger partial charge in [0.2, 0.25) is 0 Å². The summed E-state index contributed by atoms with van der Waals surface area (Å²) in [6.07, 6.45) is 0. The third kappa shape index (κ3) is 5.83. The van der Waals surface area contributed by atoms with Crippen LogP contribution in [0.5, 0.6) is 11.5 Å². The summed E-state index contributed by atoms with van der Waals surface area (Å²) in [5, 5.41) is 11.6. The van der Waals surface area contributed by atoms with Crippen LogP contribution in [0, 0.1) is 6.92 Å². The first-order chi connectivity index (χ1) is 18.8. The number of rotatable bonds is 10. The SMILES string of the molecule is COCCN1C(=O)C(=O)/C(=C(/O)c2cc(C(C)C)c(OC)cc2C)C1c1cccc(OCc2ccccc2)c1. The summed E-state index contributed by atoms with van der Waals surface area (Å²) in [5.74, 6) is -0.202. The molecule has 3 aromatic carbocycles. The van der Waals surface area contributed by atoms with Crippen molar-refractivity contribution in [3.8, 4) is 11.5 Å². The van der Waals surface area contributed by atoms with Gasteiger partial charge in [0.25, 0.3) is 11.7 Å². The van der Waals surface area contributed by atoms with Crippen LogP contribution in [0.1, 0.15) is 53.6 Å². The van der Waals surface area contributed by atoms with E-state index in [2.05, 4.69) is 0 Å². The van der Waals surface area contributed by atoms with Crippen LogP contribution in [0.2, 0.25) is 0 Å². The molecule has 4 rings (SSSR count). The van der Waals surface area contributed by atoms with Gasteiger partial charge in [-0.1, -0.05) is 56.3 Å². The Labute approximate surface area is 229 Å². The number of aliphatic hydroxyl groups is 1. The number of carbonyl (C=O) groups excluding carboxylic acids is 2. The van der Waals surface area contributed by atoms with Crippen molar-refractivity contribution in [3.63, 3.8) is 0 Å². The summed E-state index contributed by atoms with van der Waals surface area (Å²) in [6.45, 7) is 6.71. The molecule has 1 atom stereocenters. The first-order valence-corrected chi connectivity index (χ1v) is 13.0. The second-order valence-electron chi connectivity index (χ2n) is 9.90. The van der Waals surface area contributed by atoms with E-state index in [1.807, 2.05) is 87.5 Å². The average Bonchev–Trinajstić information content (AvgIpc) is 3.20. The van der Waals surface area contributed by atoms with Crippen LogP contribution in [0.3, 0.4) is 0 Å². The molecule has 1 aliphatic rings. The molecule has 1 saturated heterocycles. The number of carbonyl (C=O) groups is 2.